The number of aryl methyl sites for hydroxylation is 1. The molecule has 3 heterocycles. The van der Waals surface area contributed by atoms with Gasteiger partial charge in [-0.15, -0.1) is 0 Å². The number of piperazine rings is 1. The molecule has 0 bridgehead atoms. The fraction of sp³-hybridized carbons (Fsp3) is 0.429. The van der Waals surface area contributed by atoms with Gasteiger partial charge in [0.2, 0.25) is 15.7 Å². The van der Waals surface area contributed by atoms with E-state index in [-0.39, 0.29) is 34.5 Å². The topological polar surface area (TPSA) is 100 Å². The van der Waals surface area contributed by atoms with Crippen molar-refractivity contribution in [3.8, 4) is 5.88 Å². The van der Waals surface area contributed by atoms with E-state index in [1.165, 1.54) is 0 Å². The lowest BCUT2D eigenvalue weighted by Crippen LogP contribution is -2.45. The molecule has 1 saturated heterocycles. The summed E-state index contributed by atoms with van der Waals surface area (Å²) in [4.78, 5) is 9.19. The summed E-state index contributed by atoms with van der Waals surface area (Å²) in [5, 5.41) is 13.8. The summed E-state index contributed by atoms with van der Waals surface area (Å²) in [5.41, 5.74) is 0.705. The van der Waals surface area contributed by atoms with E-state index in [9.17, 15) is 13.5 Å². The molecule has 0 aliphatic carbocycles. The van der Waals surface area contributed by atoms with E-state index < -0.39 is 9.84 Å². The van der Waals surface area contributed by atoms with E-state index in [0.717, 1.165) is 32.0 Å². The number of likely N-dealkylation sites (N-methyl/N-ethyl adjacent to an activating group) is 1. The maximum atomic E-state index is 13.6. The first-order valence-corrected chi connectivity index (χ1v) is 11.8. The zero-order valence-corrected chi connectivity index (χ0v) is 18.5. The molecule has 166 valence electrons. The fourth-order valence-corrected chi connectivity index (χ4v) is 5.33. The van der Waals surface area contributed by atoms with Crippen LogP contribution in [0.4, 0.5) is 5.82 Å². The van der Waals surface area contributed by atoms with Gasteiger partial charge in [0.15, 0.2) is 5.65 Å². The van der Waals surface area contributed by atoms with E-state index in [2.05, 4.69) is 26.9 Å². The second-order valence-corrected chi connectivity index (χ2v) is 9.38. The lowest BCUT2D eigenvalue weighted by Gasteiger charge is -2.34. The summed E-state index contributed by atoms with van der Waals surface area (Å²) in [6.45, 7) is 5.10. The third-order valence-corrected chi connectivity index (χ3v) is 7.25. The number of sulfone groups is 1. The lowest BCUT2D eigenvalue weighted by molar-refractivity contribution is 0.197. The van der Waals surface area contributed by atoms with Gasteiger partial charge < -0.3 is 19.6 Å². The molecule has 1 N–H and O–H groups in total. The molecule has 1 fully saturated rings. The monoisotopic (exact) mass is 445 g/mol. The maximum Gasteiger partial charge on any atom is 0.219 e. The number of fused-ring (bicyclic) bond motifs is 1. The first kappa shape index (κ1) is 21.5. The van der Waals surface area contributed by atoms with Crippen molar-refractivity contribution in [1.82, 2.24) is 19.5 Å². The van der Waals surface area contributed by atoms with Crippen LogP contribution in [0.25, 0.3) is 5.65 Å². The van der Waals surface area contributed by atoms with Gasteiger partial charge in [-0.1, -0.05) is 25.1 Å². The smallest absolute Gasteiger partial charge is 0.219 e. The van der Waals surface area contributed by atoms with Crippen LogP contribution in [0.3, 0.4) is 0 Å². The maximum absolute atomic E-state index is 13.6. The zero-order valence-electron chi connectivity index (χ0n) is 17.7. The van der Waals surface area contributed by atoms with Gasteiger partial charge in [-0.25, -0.2) is 8.42 Å². The standard InChI is InChI=1S/C21H27N5O4S/c1-3-17-20(31(28,29)16-7-5-4-6-8-16)21-22-18(30-14-13-27)15-19(26(21)23-17)25-11-9-24(2)10-12-25/h4-8,15,27H,3,9-14H2,1-2H3. The fourth-order valence-electron chi connectivity index (χ4n) is 3.71. The summed E-state index contributed by atoms with van der Waals surface area (Å²) in [5.74, 6) is 0.998. The van der Waals surface area contributed by atoms with Crippen molar-refractivity contribution in [3.05, 3.63) is 42.1 Å². The lowest BCUT2D eigenvalue weighted by atomic mass is 10.3. The molecule has 10 heteroatoms. The summed E-state index contributed by atoms with van der Waals surface area (Å²) in [6.07, 6.45) is 0.444. The van der Waals surface area contributed by atoms with Crippen LogP contribution < -0.4 is 9.64 Å². The van der Waals surface area contributed by atoms with E-state index in [1.807, 2.05) is 6.92 Å². The number of hydrogen-bond acceptors (Lipinski definition) is 8. The highest BCUT2D eigenvalue weighted by Crippen LogP contribution is 2.32. The minimum absolute atomic E-state index is 0.0703. The molecule has 9 nitrogen and oxygen atoms in total. The Morgan fingerprint density at radius 3 is 2.48 bits per heavy atom. The molecule has 0 spiro atoms. The first-order valence-electron chi connectivity index (χ1n) is 10.4. The SMILES string of the molecule is CCc1nn2c(N3CCN(C)CC3)cc(OCCO)nc2c1S(=O)(=O)c1ccccc1. The van der Waals surface area contributed by atoms with Gasteiger partial charge in [0.1, 0.15) is 17.3 Å². The number of rotatable bonds is 7. The minimum atomic E-state index is -3.84. The number of benzene rings is 1. The van der Waals surface area contributed by atoms with Gasteiger partial charge in [-0.2, -0.15) is 14.6 Å². The van der Waals surface area contributed by atoms with Crippen LogP contribution in [-0.4, -0.2) is 79.5 Å². The average Bonchev–Trinajstić information content (AvgIpc) is 3.17. The van der Waals surface area contributed by atoms with Gasteiger partial charge in [0.25, 0.3) is 0 Å². The molecule has 0 atom stereocenters. The number of aromatic nitrogens is 3. The normalized spacial score (nSPS) is 15.5. The number of anilines is 1. The van der Waals surface area contributed by atoms with Crippen LogP contribution in [0.1, 0.15) is 12.6 Å². The second-order valence-electron chi connectivity index (χ2n) is 7.50. The Balaban J connectivity index is 1.93. The molecule has 0 amide bonds. The van der Waals surface area contributed by atoms with E-state index >= 15 is 0 Å². The Labute approximate surface area is 181 Å². The van der Waals surface area contributed by atoms with Gasteiger partial charge in [-0.3, -0.25) is 0 Å². The number of hydrogen-bond donors (Lipinski definition) is 1. The van der Waals surface area contributed by atoms with E-state index in [0.29, 0.717) is 12.1 Å². The Kier molecular flexibility index (Phi) is 6.12. The molecule has 1 aliphatic rings. The third-order valence-electron chi connectivity index (χ3n) is 5.40. The van der Waals surface area contributed by atoms with Gasteiger partial charge in [0, 0.05) is 32.2 Å². The first-order chi connectivity index (χ1) is 15.0. The third kappa shape index (κ3) is 4.10. The number of nitrogens with zero attached hydrogens (tertiary/aromatic N) is 5. The van der Waals surface area contributed by atoms with Crippen LogP contribution in [0.2, 0.25) is 0 Å². The highest BCUT2D eigenvalue weighted by molar-refractivity contribution is 7.91. The molecule has 0 radical (unpaired) electrons. The molecule has 1 aliphatic heterocycles. The highest BCUT2D eigenvalue weighted by atomic mass is 32.2. The summed E-state index contributed by atoms with van der Waals surface area (Å²) < 4.78 is 34.3. The highest BCUT2D eigenvalue weighted by Gasteiger charge is 2.30. The molecule has 31 heavy (non-hydrogen) atoms. The van der Waals surface area contributed by atoms with Crippen molar-refractivity contribution in [3.63, 3.8) is 0 Å². The van der Waals surface area contributed by atoms with E-state index in [4.69, 9.17) is 4.74 Å². The van der Waals surface area contributed by atoms with Crippen LogP contribution in [-0.2, 0) is 16.3 Å². The van der Waals surface area contributed by atoms with Gasteiger partial charge >= 0.3 is 0 Å². The van der Waals surface area contributed by atoms with Gasteiger partial charge in [-0.05, 0) is 25.6 Å². The van der Waals surface area contributed by atoms with Crippen molar-refractivity contribution in [2.75, 3.05) is 51.3 Å². The summed E-state index contributed by atoms with van der Waals surface area (Å²) in [6, 6.07) is 10.1. The van der Waals surface area contributed by atoms with Crippen LogP contribution in [0.5, 0.6) is 5.88 Å². The minimum Gasteiger partial charge on any atom is -0.475 e. The van der Waals surface area contributed by atoms with Crippen molar-refractivity contribution in [1.29, 1.82) is 0 Å². The van der Waals surface area contributed by atoms with Crippen molar-refractivity contribution >= 4 is 21.3 Å². The van der Waals surface area contributed by atoms with Crippen LogP contribution >= 0.6 is 0 Å². The largest absolute Gasteiger partial charge is 0.475 e. The number of aliphatic hydroxyl groups excluding tert-OH is 1. The van der Waals surface area contributed by atoms with Crippen molar-refractivity contribution in [2.24, 2.45) is 0 Å². The Morgan fingerprint density at radius 2 is 1.84 bits per heavy atom. The molecule has 0 unspecified atom stereocenters. The molecule has 4 rings (SSSR count). The van der Waals surface area contributed by atoms with Crippen molar-refractivity contribution in [2.45, 2.75) is 23.1 Å². The van der Waals surface area contributed by atoms with E-state index in [1.54, 1.807) is 40.9 Å². The number of aliphatic hydroxyl groups is 1. The zero-order chi connectivity index (χ0) is 22.0. The Bertz CT molecular complexity index is 1160. The van der Waals surface area contributed by atoms with Crippen LogP contribution in [0.15, 0.2) is 46.2 Å². The molecule has 3 aromatic rings. The Hall–Kier alpha value is -2.69. The molecular weight excluding hydrogens is 418 g/mol. The quantitative estimate of drug-likeness (QED) is 0.580. The second kappa shape index (κ2) is 8.81. The summed E-state index contributed by atoms with van der Waals surface area (Å²) >= 11 is 0. The molecular formula is C21H27N5O4S. The summed E-state index contributed by atoms with van der Waals surface area (Å²) in [7, 11) is -1.76. The predicted molar refractivity (Wildman–Crippen MR) is 117 cm³/mol. The van der Waals surface area contributed by atoms with Crippen LogP contribution in [0, 0.1) is 0 Å². The number of ether oxygens (including phenoxy) is 1. The molecule has 0 saturated carbocycles. The molecule has 2 aromatic heterocycles. The van der Waals surface area contributed by atoms with Gasteiger partial charge in [0.05, 0.1) is 17.2 Å². The van der Waals surface area contributed by atoms with Crippen molar-refractivity contribution < 1.29 is 18.3 Å². The predicted octanol–water partition coefficient (Wildman–Crippen LogP) is 1.25. The average molecular weight is 446 g/mol. The Morgan fingerprint density at radius 1 is 1.13 bits per heavy atom. The molecule has 1 aromatic carbocycles.